The largest absolute Gasteiger partial charge is 0.497 e. The van der Waals surface area contributed by atoms with Gasteiger partial charge in [-0.05, 0) is 79.6 Å². The van der Waals surface area contributed by atoms with Crippen molar-refractivity contribution in [1.82, 2.24) is 0 Å². The normalized spacial score (nSPS) is 12.9. The molecule has 6 heteroatoms. The first kappa shape index (κ1) is 28.0. The minimum atomic E-state index is -0.100. The SMILES string of the molecule is COc1ccc(OC(C)CN(c2ccccc2)c2ccc(N=N)c(OCCC(C)CC(C)(C)C)c2)cc1. The van der Waals surface area contributed by atoms with Crippen LogP contribution >= 0.6 is 0 Å². The number of para-hydroxylation sites is 1. The maximum atomic E-state index is 7.63. The average molecular weight is 504 g/mol. The summed E-state index contributed by atoms with van der Waals surface area (Å²) in [5.74, 6) is 2.76. The van der Waals surface area contributed by atoms with Gasteiger partial charge in [-0.1, -0.05) is 45.9 Å². The zero-order chi connectivity index (χ0) is 26.8. The van der Waals surface area contributed by atoms with E-state index >= 15 is 0 Å². The Hall–Kier alpha value is -3.54. The Labute approximate surface area is 222 Å². The number of rotatable bonds is 13. The molecule has 0 saturated heterocycles. The molecule has 3 aromatic rings. The van der Waals surface area contributed by atoms with Crippen LogP contribution in [0.25, 0.3) is 0 Å². The molecule has 37 heavy (non-hydrogen) atoms. The molecule has 3 rings (SSSR count). The summed E-state index contributed by atoms with van der Waals surface area (Å²) in [6.45, 7) is 12.3. The van der Waals surface area contributed by atoms with Gasteiger partial charge in [-0.2, -0.15) is 5.11 Å². The van der Waals surface area contributed by atoms with Gasteiger partial charge >= 0.3 is 0 Å². The van der Waals surface area contributed by atoms with Crippen LogP contribution in [0.15, 0.2) is 77.9 Å². The molecule has 1 N–H and O–H groups in total. The Morgan fingerprint density at radius 1 is 0.892 bits per heavy atom. The van der Waals surface area contributed by atoms with Crippen LogP contribution in [-0.2, 0) is 0 Å². The van der Waals surface area contributed by atoms with E-state index in [1.54, 1.807) is 7.11 Å². The second-order valence-corrected chi connectivity index (χ2v) is 10.8. The summed E-state index contributed by atoms with van der Waals surface area (Å²) < 4.78 is 17.6. The number of nitrogens with one attached hydrogen (secondary N) is 1. The van der Waals surface area contributed by atoms with Crippen LogP contribution in [0.3, 0.4) is 0 Å². The minimum absolute atomic E-state index is 0.100. The van der Waals surface area contributed by atoms with Crippen LogP contribution in [0, 0.1) is 16.9 Å². The van der Waals surface area contributed by atoms with Gasteiger partial charge in [-0.3, -0.25) is 0 Å². The quantitative estimate of drug-likeness (QED) is 0.237. The van der Waals surface area contributed by atoms with Crippen molar-refractivity contribution in [2.24, 2.45) is 16.4 Å². The lowest BCUT2D eigenvalue weighted by Crippen LogP contribution is -2.30. The molecule has 0 aliphatic rings. The summed E-state index contributed by atoms with van der Waals surface area (Å²) in [7, 11) is 1.65. The fourth-order valence-corrected chi connectivity index (χ4v) is 4.55. The predicted octanol–water partition coefficient (Wildman–Crippen LogP) is 8.80. The van der Waals surface area contributed by atoms with E-state index in [0.29, 0.717) is 35.9 Å². The molecule has 6 nitrogen and oxygen atoms in total. The summed E-state index contributed by atoms with van der Waals surface area (Å²) in [5, 5.41) is 3.70. The molecular weight excluding hydrogens is 462 g/mol. The first-order chi connectivity index (χ1) is 17.7. The van der Waals surface area contributed by atoms with Gasteiger partial charge in [-0.15, -0.1) is 0 Å². The Morgan fingerprint density at radius 3 is 2.19 bits per heavy atom. The van der Waals surface area contributed by atoms with E-state index in [1.807, 2.05) is 60.7 Å². The highest BCUT2D eigenvalue weighted by molar-refractivity contribution is 5.68. The van der Waals surface area contributed by atoms with Crippen molar-refractivity contribution in [3.8, 4) is 17.2 Å². The molecule has 3 aromatic carbocycles. The molecule has 2 atom stereocenters. The van der Waals surface area contributed by atoms with E-state index in [2.05, 4.69) is 56.8 Å². The number of nitrogens with zero attached hydrogens (tertiary/aromatic N) is 2. The smallest absolute Gasteiger partial charge is 0.148 e. The van der Waals surface area contributed by atoms with Gasteiger partial charge in [-0.25, -0.2) is 5.53 Å². The zero-order valence-corrected chi connectivity index (χ0v) is 23.0. The van der Waals surface area contributed by atoms with Crippen molar-refractivity contribution in [1.29, 1.82) is 5.53 Å². The van der Waals surface area contributed by atoms with Crippen LogP contribution in [0.2, 0.25) is 0 Å². The van der Waals surface area contributed by atoms with Gasteiger partial charge in [0.2, 0.25) is 0 Å². The molecule has 0 amide bonds. The van der Waals surface area contributed by atoms with Crippen LogP contribution in [-0.4, -0.2) is 26.4 Å². The molecule has 0 heterocycles. The maximum Gasteiger partial charge on any atom is 0.148 e. The molecule has 0 bridgehead atoms. The molecule has 198 valence electrons. The fraction of sp³-hybridized carbons (Fsp3) is 0.419. The number of methoxy groups -OCH3 is 1. The molecule has 0 fully saturated rings. The molecule has 0 saturated carbocycles. The Kier molecular flexibility index (Phi) is 9.95. The summed E-state index contributed by atoms with van der Waals surface area (Å²) in [6, 6.07) is 23.7. The van der Waals surface area contributed by atoms with E-state index < -0.39 is 0 Å². The molecule has 2 unspecified atom stereocenters. The first-order valence-corrected chi connectivity index (χ1v) is 13.0. The highest BCUT2D eigenvalue weighted by Crippen LogP contribution is 2.36. The monoisotopic (exact) mass is 503 g/mol. The summed E-state index contributed by atoms with van der Waals surface area (Å²) in [5.41, 5.74) is 10.5. The molecule has 0 radical (unpaired) electrons. The van der Waals surface area contributed by atoms with Crippen molar-refractivity contribution in [2.45, 2.75) is 53.6 Å². The van der Waals surface area contributed by atoms with Crippen molar-refractivity contribution >= 4 is 17.1 Å². The predicted molar refractivity (Wildman–Crippen MR) is 151 cm³/mol. The minimum Gasteiger partial charge on any atom is -0.497 e. The molecule has 0 aliphatic carbocycles. The number of hydrogen-bond acceptors (Lipinski definition) is 6. The van der Waals surface area contributed by atoms with Crippen LogP contribution < -0.4 is 19.1 Å². The van der Waals surface area contributed by atoms with E-state index in [1.165, 1.54) is 0 Å². The third-order valence-electron chi connectivity index (χ3n) is 6.11. The Balaban J connectivity index is 1.78. The second kappa shape index (κ2) is 13.1. The maximum absolute atomic E-state index is 7.63. The number of hydrogen-bond donors (Lipinski definition) is 1. The van der Waals surface area contributed by atoms with Crippen molar-refractivity contribution < 1.29 is 14.2 Å². The number of anilines is 2. The number of ether oxygens (including phenoxy) is 3. The first-order valence-electron chi connectivity index (χ1n) is 13.0. The molecular formula is C31H41N3O3. The highest BCUT2D eigenvalue weighted by Gasteiger charge is 2.18. The Morgan fingerprint density at radius 2 is 1.57 bits per heavy atom. The van der Waals surface area contributed by atoms with Crippen molar-refractivity contribution in [3.63, 3.8) is 0 Å². The van der Waals surface area contributed by atoms with Gasteiger partial charge in [0.25, 0.3) is 0 Å². The van der Waals surface area contributed by atoms with Gasteiger partial charge in [0.05, 0.1) is 20.3 Å². The number of benzene rings is 3. The summed E-state index contributed by atoms with van der Waals surface area (Å²) in [6.07, 6.45) is 1.99. The summed E-state index contributed by atoms with van der Waals surface area (Å²) >= 11 is 0. The molecule has 0 aromatic heterocycles. The van der Waals surface area contributed by atoms with E-state index in [4.69, 9.17) is 19.7 Å². The van der Waals surface area contributed by atoms with Crippen molar-refractivity contribution in [3.05, 3.63) is 72.8 Å². The van der Waals surface area contributed by atoms with Crippen LogP contribution in [0.4, 0.5) is 17.1 Å². The molecule has 0 aliphatic heterocycles. The lowest BCUT2D eigenvalue weighted by molar-refractivity contribution is 0.229. The summed E-state index contributed by atoms with van der Waals surface area (Å²) in [4.78, 5) is 2.21. The van der Waals surface area contributed by atoms with Gasteiger partial charge in [0.1, 0.15) is 29.0 Å². The van der Waals surface area contributed by atoms with Crippen LogP contribution in [0.5, 0.6) is 17.2 Å². The molecule has 0 spiro atoms. The van der Waals surface area contributed by atoms with Crippen LogP contribution in [0.1, 0.15) is 47.5 Å². The van der Waals surface area contributed by atoms with Gasteiger partial charge in [0.15, 0.2) is 0 Å². The van der Waals surface area contributed by atoms with E-state index in [0.717, 1.165) is 35.7 Å². The zero-order valence-electron chi connectivity index (χ0n) is 23.0. The lowest BCUT2D eigenvalue weighted by Gasteiger charge is -2.29. The third kappa shape index (κ3) is 8.81. The average Bonchev–Trinajstić information content (AvgIpc) is 2.87. The van der Waals surface area contributed by atoms with Gasteiger partial charge in [0, 0.05) is 17.4 Å². The highest BCUT2D eigenvalue weighted by atomic mass is 16.5. The van der Waals surface area contributed by atoms with E-state index in [-0.39, 0.29) is 6.10 Å². The third-order valence-corrected chi connectivity index (χ3v) is 6.11. The van der Waals surface area contributed by atoms with Gasteiger partial charge < -0.3 is 19.1 Å². The second-order valence-electron chi connectivity index (χ2n) is 10.8. The van der Waals surface area contributed by atoms with Crippen molar-refractivity contribution in [2.75, 3.05) is 25.2 Å². The fourth-order valence-electron chi connectivity index (χ4n) is 4.55. The Bertz CT molecular complexity index is 1110. The topological polar surface area (TPSA) is 67.1 Å². The van der Waals surface area contributed by atoms with E-state index in [9.17, 15) is 0 Å². The standard InChI is InChI=1S/C31H41N3O3/c1-23(21-31(3,4)5)18-19-36-30-20-26(12-17-29(30)33-32)34(25-10-8-7-9-11-25)22-24(2)37-28-15-13-27(35-6)14-16-28/h7-17,20,23-24,32H,18-19,21-22H2,1-6H3. The lowest BCUT2D eigenvalue weighted by atomic mass is 9.84.